The van der Waals surface area contributed by atoms with Gasteiger partial charge in [-0.1, -0.05) is 11.6 Å². The Morgan fingerprint density at radius 1 is 1.14 bits per heavy atom. The van der Waals surface area contributed by atoms with Gasteiger partial charge in [-0.2, -0.15) is 5.10 Å². The van der Waals surface area contributed by atoms with Crippen LogP contribution in [0, 0.1) is 13.8 Å². The lowest BCUT2D eigenvalue weighted by Gasteiger charge is -2.38. The molecule has 1 aliphatic rings. The van der Waals surface area contributed by atoms with E-state index in [9.17, 15) is 9.59 Å². The molecule has 7 heteroatoms. The largest absolute Gasteiger partial charge is 0.452 e. The van der Waals surface area contributed by atoms with E-state index in [2.05, 4.69) is 5.10 Å². The third kappa shape index (κ3) is 4.07. The average Bonchev–Trinajstić information content (AvgIpc) is 2.93. The number of piperidine rings is 1. The van der Waals surface area contributed by atoms with Gasteiger partial charge >= 0.3 is 5.97 Å². The van der Waals surface area contributed by atoms with E-state index in [1.165, 1.54) is 0 Å². The maximum Gasteiger partial charge on any atom is 0.338 e. The van der Waals surface area contributed by atoms with Crippen molar-refractivity contribution in [3.05, 3.63) is 46.2 Å². The summed E-state index contributed by atoms with van der Waals surface area (Å²) in [6.07, 6.45) is 3.10. The number of hydrogen-bond acceptors (Lipinski definition) is 4. The van der Waals surface area contributed by atoms with Crippen LogP contribution in [0.1, 0.15) is 54.9 Å². The van der Waals surface area contributed by atoms with Crippen LogP contribution in [0.2, 0.25) is 5.02 Å². The van der Waals surface area contributed by atoms with Crippen molar-refractivity contribution in [3.63, 3.8) is 0 Å². The van der Waals surface area contributed by atoms with E-state index in [-0.39, 0.29) is 24.6 Å². The third-order valence-corrected chi connectivity index (χ3v) is 5.91. The van der Waals surface area contributed by atoms with Crippen LogP contribution >= 0.6 is 11.6 Å². The van der Waals surface area contributed by atoms with Gasteiger partial charge in [-0.25, -0.2) is 9.48 Å². The van der Waals surface area contributed by atoms with Gasteiger partial charge in [-0.05, 0) is 71.2 Å². The zero-order valence-corrected chi connectivity index (χ0v) is 17.5. The van der Waals surface area contributed by atoms with E-state index in [1.54, 1.807) is 28.9 Å². The maximum absolute atomic E-state index is 12.5. The number of carbonyl (C=O) groups excluding carboxylic acids is 2. The molecule has 28 heavy (non-hydrogen) atoms. The lowest BCUT2D eigenvalue weighted by molar-refractivity contribution is -0.140. The summed E-state index contributed by atoms with van der Waals surface area (Å²) >= 11 is 6.19. The molecule has 0 bridgehead atoms. The molecule has 150 valence electrons. The van der Waals surface area contributed by atoms with Gasteiger partial charge in [0.1, 0.15) is 0 Å². The summed E-state index contributed by atoms with van der Waals surface area (Å²) < 4.78 is 6.99. The highest BCUT2D eigenvalue weighted by atomic mass is 35.5. The van der Waals surface area contributed by atoms with Gasteiger partial charge in [-0.3, -0.25) is 4.79 Å². The summed E-state index contributed by atoms with van der Waals surface area (Å²) in [5, 5.41) is 5.03. The molecule has 0 radical (unpaired) electrons. The first-order valence-corrected chi connectivity index (χ1v) is 9.97. The molecule has 0 aliphatic carbocycles. The predicted octanol–water partition coefficient (Wildman–Crippen LogP) is 4.09. The number of aromatic nitrogens is 2. The first kappa shape index (κ1) is 20.4. The average molecular weight is 404 g/mol. The topological polar surface area (TPSA) is 64.4 Å². The Bertz CT molecular complexity index is 866. The molecule has 2 unspecified atom stereocenters. The zero-order valence-electron chi connectivity index (χ0n) is 16.7. The van der Waals surface area contributed by atoms with E-state index in [1.807, 2.05) is 32.6 Å². The van der Waals surface area contributed by atoms with Crippen molar-refractivity contribution in [2.75, 3.05) is 6.61 Å². The number of likely N-dealkylation sites (tertiary alicyclic amines) is 1. The van der Waals surface area contributed by atoms with E-state index in [0.717, 1.165) is 36.3 Å². The summed E-state index contributed by atoms with van der Waals surface area (Å²) in [7, 11) is 0. The Morgan fingerprint density at radius 3 is 2.29 bits per heavy atom. The van der Waals surface area contributed by atoms with Crippen LogP contribution in [0.4, 0.5) is 0 Å². The highest BCUT2D eigenvalue weighted by Crippen LogP contribution is 2.24. The van der Waals surface area contributed by atoms with Crippen molar-refractivity contribution in [3.8, 4) is 5.69 Å². The Labute approximate surface area is 170 Å². The van der Waals surface area contributed by atoms with Crippen LogP contribution in [-0.4, -0.2) is 45.2 Å². The Hall–Kier alpha value is -2.34. The minimum absolute atomic E-state index is 0.137. The second-order valence-corrected chi connectivity index (χ2v) is 7.83. The van der Waals surface area contributed by atoms with Crippen LogP contribution in [0.15, 0.2) is 24.3 Å². The minimum atomic E-state index is -0.511. The lowest BCUT2D eigenvalue weighted by Crippen LogP contribution is -2.49. The fourth-order valence-corrected chi connectivity index (χ4v) is 3.93. The molecule has 6 nitrogen and oxygen atoms in total. The van der Waals surface area contributed by atoms with Gasteiger partial charge in [0.2, 0.25) is 0 Å². The van der Waals surface area contributed by atoms with Gasteiger partial charge in [0.05, 0.1) is 27.7 Å². The van der Waals surface area contributed by atoms with Crippen LogP contribution in [0.25, 0.3) is 5.69 Å². The number of rotatable bonds is 4. The third-order valence-electron chi connectivity index (χ3n) is 5.36. The van der Waals surface area contributed by atoms with E-state index in [0.29, 0.717) is 10.6 Å². The number of nitrogens with zero attached hydrogens (tertiary/aromatic N) is 3. The number of hydrogen-bond donors (Lipinski definition) is 0. The second kappa shape index (κ2) is 8.35. The Balaban J connectivity index is 1.63. The van der Waals surface area contributed by atoms with Crippen molar-refractivity contribution >= 4 is 23.5 Å². The molecular formula is C21H26ClN3O3. The molecule has 0 spiro atoms. The van der Waals surface area contributed by atoms with E-state index < -0.39 is 5.97 Å². The van der Waals surface area contributed by atoms with Crippen LogP contribution < -0.4 is 0 Å². The summed E-state index contributed by atoms with van der Waals surface area (Å²) in [6, 6.07) is 7.26. The standard InChI is InChI=1S/C21H26ClN3O3/c1-13-6-5-7-14(2)24(13)19(26)12-28-21(27)17-8-10-18(11-9-17)25-16(4)20(22)15(3)23-25/h8-11,13-14H,5-7,12H2,1-4H3. The van der Waals surface area contributed by atoms with Crippen molar-refractivity contribution in [2.45, 2.75) is 59.0 Å². The molecule has 1 aliphatic heterocycles. The molecule has 0 N–H and O–H groups in total. The van der Waals surface area contributed by atoms with Gasteiger partial charge in [0.15, 0.2) is 6.61 Å². The molecule has 3 rings (SSSR count). The van der Waals surface area contributed by atoms with Crippen LogP contribution in [-0.2, 0) is 9.53 Å². The fraction of sp³-hybridized carbons (Fsp3) is 0.476. The summed E-state index contributed by atoms with van der Waals surface area (Å²) in [6.45, 7) is 7.58. The minimum Gasteiger partial charge on any atom is -0.452 e. The molecule has 0 saturated carbocycles. The predicted molar refractivity (Wildman–Crippen MR) is 108 cm³/mol. The quantitative estimate of drug-likeness (QED) is 0.721. The number of halogens is 1. The van der Waals surface area contributed by atoms with E-state index >= 15 is 0 Å². The number of ether oxygens (including phenoxy) is 1. The fourth-order valence-electron chi connectivity index (χ4n) is 3.81. The number of amides is 1. The highest BCUT2D eigenvalue weighted by molar-refractivity contribution is 6.31. The number of benzene rings is 1. The normalized spacial score (nSPS) is 19.5. The molecule has 1 saturated heterocycles. The van der Waals surface area contributed by atoms with Crippen molar-refractivity contribution in [2.24, 2.45) is 0 Å². The Kier molecular flexibility index (Phi) is 6.08. The SMILES string of the molecule is Cc1nn(-c2ccc(C(=O)OCC(=O)N3C(C)CCCC3C)cc2)c(C)c1Cl. The molecule has 2 heterocycles. The molecule has 1 aromatic carbocycles. The summed E-state index contributed by atoms with van der Waals surface area (Å²) in [5.41, 5.74) is 2.78. The van der Waals surface area contributed by atoms with Crippen molar-refractivity contribution < 1.29 is 14.3 Å². The van der Waals surface area contributed by atoms with Crippen molar-refractivity contribution in [1.82, 2.24) is 14.7 Å². The summed E-state index contributed by atoms with van der Waals surface area (Å²) in [5.74, 6) is -0.648. The van der Waals surface area contributed by atoms with Crippen LogP contribution in [0.3, 0.4) is 0 Å². The second-order valence-electron chi connectivity index (χ2n) is 7.45. The first-order valence-electron chi connectivity index (χ1n) is 9.60. The maximum atomic E-state index is 12.5. The molecule has 1 amide bonds. The van der Waals surface area contributed by atoms with Gasteiger partial charge in [-0.15, -0.1) is 0 Å². The number of esters is 1. The van der Waals surface area contributed by atoms with Gasteiger partial charge in [0.25, 0.3) is 5.91 Å². The lowest BCUT2D eigenvalue weighted by atomic mass is 9.97. The first-order chi connectivity index (χ1) is 13.3. The highest BCUT2D eigenvalue weighted by Gasteiger charge is 2.29. The molecule has 2 atom stereocenters. The molecule has 2 aromatic rings. The van der Waals surface area contributed by atoms with Gasteiger partial charge < -0.3 is 9.64 Å². The molecular weight excluding hydrogens is 378 g/mol. The van der Waals surface area contributed by atoms with Gasteiger partial charge in [0, 0.05) is 12.1 Å². The Morgan fingerprint density at radius 2 is 1.75 bits per heavy atom. The number of carbonyl (C=O) groups is 2. The molecule has 1 fully saturated rings. The smallest absolute Gasteiger partial charge is 0.338 e. The number of aryl methyl sites for hydroxylation is 1. The van der Waals surface area contributed by atoms with E-state index in [4.69, 9.17) is 16.3 Å². The van der Waals surface area contributed by atoms with Crippen molar-refractivity contribution in [1.29, 1.82) is 0 Å². The van der Waals surface area contributed by atoms with Crippen LogP contribution in [0.5, 0.6) is 0 Å². The zero-order chi connectivity index (χ0) is 20.4. The summed E-state index contributed by atoms with van der Waals surface area (Å²) in [4.78, 5) is 26.7. The molecule has 1 aromatic heterocycles. The monoisotopic (exact) mass is 403 g/mol.